The van der Waals surface area contributed by atoms with Gasteiger partial charge < -0.3 is 15.1 Å². The zero-order valence-corrected chi connectivity index (χ0v) is 16.2. The van der Waals surface area contributed by atoms with Gasteiger partial charge in [0, 0.05) is 23.9 Å². The zero-order valence-electron chi connectivity index (χ0n) is 16.2. The van der Waals surface area contributed by atoms with Crippen molar-refractivity contribution in [2.75, 3.05) is 0 Å². The summed E-state index contributed by atoms with van der Waals surface area (Å²) in [5, 5.41) is 2.91. The minimum Gasteiger partial charge on any atom is -0.361 e. The summed E-state index contributed by atoms with van der Waals surface area (Å²) in [7, 11) is 0. The predicted molar refractivity (Wildman–Crippen MR) is 117 cm³/mol. The standard InChI is InChI=1S/C25H24N2O2/c1-3-22-20(16-26-23(22)4-2)15-21(17-28)27-25(29)24(18-11-7-5-8-12-18)19-13-9-6-10-14-19/h3-14,16-17,21,24,26H,1-2,15H2,(H,27,29)/t21-/m0/s1. The van der Waals surface area contributed by atoms with Crippen molar-refractivity contribution in [3.05, 3.63) is 108 Å². The molecule has 0 aliphatic rings. The van der Waals surface area contributed by atoms with E-state index in [0.29, 0.717) is 6.42 Å². The molecule has 0 saturated heterocycles. The van der Waals surface area contributed by atoms with Gasteiger partial charge in [0.15, 0.2) is 0 Å². The van der Waals surface area contributed by atoms with E-state index in [0.717, 1.165) is 34.2 Å². The van der Waals surface area contributed by atoms with Crippen LogP contribution in [0, 0.1) is 0 Å². The molecule has 0 saturated carbocycles. The second-order valence-electron chi connectivity index (χ2n) is 6.76. The molecule has 0 aliphatic carbocycles. The largest absolute Gasteiger partial charge is 0.361 e. The minimum atomic E-state index is -0.649. The van der Waals surface area contributed by atoms with Gasteiger partial charge in [0.2, 0.25) is 5.91 Å². The molecule has 3 aromatic rings. The van der Waals surface area contributed by atoms with E-state index in [1.807, 2.05) is 66.9 Å². The van der Waals surface area contributed by atoms with Gasteiger partial charge in [-0.2, -0.15) is 0 Å². The van der Waals surface area contributed by atoms with Gasteiger partial charge in [0.25, 0.3) is 0 Å². The number of hydrogen-bond donors (Lipinski definition) is 2. The van der Waals surface area contributed by atoms with E-state index >= 15 is 0 Å². The van der Waals surface area contributed by atoms with Crippen LogP contribution in [0.5, 0.6) is 0 Å². The van der Waals surface area contributed by atoms with Gasteiger partial charge in [-0.1, -0.05) is 79.9 Å². The van der Waals surface area contributed by atoms with Gasteiger partial charge in [-0.25, -0.2) is 0 Å². The average molecular weight is 384 g/mol. The first kappa shape index (κ1) is 20.1. The number of nitrogens with one attached hydrogen (secondary N) is 2. The number of aldehydes is 1. The highest BCUT2D eigenvalue weighted by Gasteiger charge is 2.25. The van der Waals surface area contributed by atoms with Crippen LogP contribution in [0.15, 0.2) is 80.0 Å². The van der Waals surface area contributed by atoms with E-state index < -0.39 is 12.0 Å². The SMILES string of the molecule is C=Cc1[nH]cc(C[C@@H](C=O)NC(=O)C(c2ccccc2)c2ccccc2)c1C=C. The summed E-state index contributed by atoms with van der Waals surface area (Å²) in [6, 6.07) is 18.5. The molecule has 1 heterocycles. The lowest BCUT2D eigenvalue weighted by Gasteiger charge is -2.20. The number of H-pyrrole nitrogens is 1. The van der Waals surface area contributed by atoms with E-state index in [1.54, 1.807) is 12.2 Å². The first-order chi connectivity index (χ1) is 14.2. The predicted octanol–water partition coefficient (Wildman–Crippen LogP) is 4.36. The van der Waals surface area contributed by atoms with Gasteiger partial charge in [0.05, 0.1) is 12.0 Å². The van der Waals surface area contributed by atoms with Gasteiger partial charge in [-0.15, -0.1) is 0 Å². The molecular formula is C25H24N2O2. The third-order valence-corrected chi connectivity index (χ3v) is 4.91. The van der Waals surface area contributed by atoms with Crippen molar-refractivity contribution in [1.82, 2.24) is 10.3 Å². The van der Waals surface area contributed by atoms with Crippen LogP contribution in [0.2, 0.25) is 0 Å². The Hall–Kier alpha value is -3.66. The maximum absolute atomic E-state index is 13.2. The fourth-order valence-electron chi connectivity index (χ4n) is 3.49. The van der Waals surface area contributed by atoms with Gasteiger partial charge in [-0.05, 0) is 22.8 Å². The third-order valence-electron chi connectivity index (χ3n) is 4.91. The second-order valence-corrected chi connectivity index (χ2v) is 6.76. The average Bonchev–Trinajstić information content (AvgIpc) is 3.16. The Morgan fingerprint density at radius 2 is 1.55 bits per heavy atom. The molecule has 29 heavy (non-hydrogen) atoms. The summed E-state index contributed by atoms with van der Waals surface area (Å²) in [5.74, 6) is -0.701. The normalized spacial score (nSPS) is 11.6. The Morgan fingerprint density at radius 1 is 0.966 bits per heavy atom. The molecule has 2 N–H and O–H groups in total. The van der Waals surface area contributed by atoms with E-state index in [2.05, 4.69) is 23.5 Å². The zero-order chi connectivity index (χ0) is 20.6. The summed E-state index contributed by atoms with van der Waals surface area (Å²) in [5.41, 5.74) is 4.40. The van der Waals surface area contributed by atoms with Crippen molar-refractivity contribution in [1.29, 1.82) is 0 Å². The maximum atomic E-state index is 13.2. The molecule has 0 aliphatic heterocycles. The van der Waals surface area contributed by atoms with Crippen molar-refractivity contribution < 1.29 is 9.59 Å². The highest BCUT2D eigenvalue weighted by molar-refractivity contribution is 5.89. The molecule has 0 spiro atoms. The van der Waals surface area contributed by atoms with Gasteiger partial charge in [0.1, 0.15) is 6.29 Å². The molecule has 4 nitrogen and oxygen atoms in total. The third kappa shape index (κ3) is 4.61. The lowest BCUT2D eigenvalue weighted by atomic mass is 9.90. The fraction of sp³-hybridized carbons (Fsp3) is 0.120. The number of hydrogen-bond acceptors (Lipinski definition) is 2. The Morgan fingerprint density at radius 3 is 2.03 bits per heavy atom. The first-order valence-electron chi connectivity index (χ1n) is 9.48. The van der Waals surface area contributed by atoms with E-state index in [4.69, 9.17) is 0 Å². The molecule has 3 rings (SSSR count). The highest BCUT2D eigenvalue weighted by atomic mass is 16.2. The maximum Gasteiger partial charge on any atom is 0.232 e. The lowest BCUT2D eigenvalue weighted by molar-refractivity contribution is -0.124. The van der Waals surface area contributed by atoms with Crippen LogP contribution in [0.3, 0.4) is 0 Å². The summed E-state index contributed by atoms with van der Waals surface area (Å²) in [6.07, 6.45) is 6.40. The molecule has 0 unspecified atom stereocenters. The van der Waals surface area contributed by atoms with Crippen molar-refractivity contribution in [3.63, 3.8) is 0 Å². The van der Waals surface area contributed by atoms with Gasteiger partial charge in [-0.3, -0.25) is 4.79 Å². The molecule has 1 amide bonds. The van der Waals surface area contributed by atoms with E-state index in [9.17, 15) is 9.59 Å². The topological polar surface area (TPSA) is 62.0 Å². The number of amides is 1. The fourth-order valence-corrected chi connectivity index (χ4v) is 3.49. The highest BCUT2D eigenvalue weighted by Crippen LogP contribution is 2.25. The van der Waals surface area contributed by atoms with Crippen LogP contribution < -0.4 is 5.32 Å². The molecule has 146 valence electrons. The Balaban J connectivity index is 1.84. The lowest BCUT2D eigenvalue weighted by Crippen LogP contribution is -2.40. The van der Waals surface area contributed by atoms with Crippen LogP contribution >= 0.6 is 0 Å². The second kappa shape index (κ2) is 9.51. The van der Waals surface area contributed by atoms with Crippen molar-refractivity contribution in [3.8, 4) is 0 Å². The Labute approximate surface area is 171 Å². The molecule has 1 atom stereocenters. The monoisotopic (exact) mass is 384 g/mol. The van der Waals surface area contributed by atoms with Crippen LogP contribution in [0.4, 0.5) is 0 Å². The molecular weight excluding hydrogens is 360 g/mol. The van der Waals surface area contributed by atoms with Crippen LogP contribution in [0.1, 0.15) is 33.9 Å². The molecule has 1 aromatic heterocycles. The smallest absolute Gasteiger partial charge is 0.232 e. The summed E-state index contributed by atoms with van der Waals surface area (Å²) in [6.45, 7) is 7.60. The molecule has 4 heteroatoms. The molecule has 2 aromatic carbocycles. The first-order valence-corrected chi connectivity index (χ1v) is 9.48. The number of carbonyl (C=O) groups excluding carboxylic acids is 2. The minimum absolute atomic E-state index is 0.209. The Kier molecular flexibility index (Phi) is 6.59. The van der Waals surface area contributed by atoms with Crippen LogP contribution in [-0.4, -0.2) is 23.2 Å². The van der Waals surface area contributed by atoms with Crippen LogP contribution in [0.25, 0.3) is 12.2 Å². The van der Waals surface area contributed by atoms with E-state index in [1.165, 1.54) is 0 Å². The summed E-state index contributed by atoms with van der Waals surface area (Å²) >= 11 is 0. The van der Waals surface area contributed by atoms with Gasteiger partial charge >= 0.3 is 0 Å². The molecule has 0 bridgehead atoms. The van der Waals surface area contributed by atoms with E-state index in [-0.39, 0.29) is 5.91 Å². The van der Waals surface area contributed by atoms with Crippen LogP contribution in [-0.2, 0) is 16.0 Å². The summed E-state index contributed by atoms with van der Waals surface area (Å²) < 4.78 is 0. The number of carbonyl (C=O) groups is 2. The van der Waals surface area contributed by atoms with Crippen molar-refractivity contribution in [2.45, 2.75) is 18.4 Å². The molecule has 0 fully saturated rings. The molecule has 0 radical (unpaired) electrons. The number of aromatic nitrogens is 1. The van der Waals surface area contributed by atoms with Crippen molar-refractivity contribution >= 4 is 24.3 Å². The summed E-state index contributed by atoms with van der Waals surface area (Å²) in [4.78, 5) is 28.1. The van der Waals surface area contributed by atoms with Crippen molar-refractivity contribution in [2.24, 2.45) is 0 Å². The number of benzene rings is 2. The quantitative estimate of drug-likeness (QED) is 0.539. The number of aromatic amines is 1. The Bertz CT molecular complexity index is 951. The number of rotatable bonds is 9.